The molecule has 2 aromatic carbocycles. The minimum Gasteiger partial charge on any atom is -0.497 e. The van der Waals surface area contributed by atoms with E-state index in [0.717, 1.165) is 0 Å². The van der Waals surface area contributed by atoms with Crippen molar-refractivity contribution < 1.29 is 17.9 Å². The number of ether oxygens (including phenoxy) is 1. The highest BCUT2D eigenvalue weighted by Gasteiger charge is 2.20. The van der Waals surface area contributed by atoms with Crippen molar-refractivity contribution in [3.8, 4) is 5.75 Å². The Kier molecular flexibility index (Phi) is 6.49. The fourth-order valence-electron chi connectivity index (χ4n) is 2.36. The summed E-state index contributed by atoms with van der Waals surface area (Å²) in [5.74, 6) is 0.614. The van der Waals surface area contributed by atoms with Gasteiger partial charge < -0.3 is 10.1 Å². The molecule has 0 saturated carbocycles. The molecule has 0 bridgehead atoms. The fraction of sp³-hybridized carbons (Fsp3) is 0.350. The van der Waals surface area contributed by atoms with Gasteiger partial charge in [-0.3, -0.25) is 9.52 Å². The van der Waals surface area contributed by atoms with Crippen molar-refractivity contribution in [3.63, 3.8) is 0 Å². The van der Waals surface area contributed by atoms with Gasteiger partial charge in [0.25, 0.3) is 15.9 Å². The maximum atomic E-state index is 12.8. The molecule has 0 spiro atoms. The van der Waals surface area contributed by atoms with Gasteiger partial charge in [0.2, 0.25) is 0 Å². The molecule has 146 valence electrons. The third-order valence-corrected chi connectivity index (χ3v) is 5.96. The fourth-order valence-corrected chi connectivity index (χ4v) is 3.69. The van der Waals surface area contributed by atoms with E-state index < -0.39 is 10.0 Å². The molecule has 0 aliphatic heterocycles. The predicted molar refractivity (Wildman–Crippen MR) is 107 cm³/mol. The van der Waals surface area contributed by atoms with Crippen molar-refractivity contribution >= 4 is 21.6 Å². The van der Waals surface area contributed by atoms with Crippen LogP contribution in [0.15, 0.2) is 47.4 Å². The lowest BCUT2D eigenvalue weighted by Gasteiger charge is -2.18. The van der Waals surface area contributed by atoms with Crippen molar-refractivity contribution in [1.29, 1.82) is 0 Å². The lowest BCUT2D eigenvalue weighted by atomic mass is 10.1. The smallest absolute Gasteiger partial charge is 0.262 e. The Morgan fingerprint density at radius 3 is 2.22 bits per heavy atom. The molecule has 1 amide bonds. The maximum absolute atomic E-state index is 12.8. The molecule has 27 heavy (non-hydrogen) atoms. The molecular formula is C20H26N2O4S. The van der Waals surface area contributed by atoms with Crippen LogP contribution in [0.5, 0.6) is 5.75 Å². The molecule has 0 aromatic heterocycles. The molecule has 1 atom stereocenters. The highest BCUT2D eigenvalue weighted by atomic mass is 32.2. The number of anilines is 1. The van der Waals surface area contributed by atoms with Gasteiger partial charge in [-0.25, -0.2) is 8.42 Å². The largest absolute Gasteiger partial charge is 0.497 e. The lowest BCUT2D eigenvalue weighted by molar-refractivity contribution is 0.0930. The van der Waals surface area contributed by atoms with Crippen LogP contribution in [0.3, 0.4) is 0 Å². The number of carbonyl (C=O) groups excluding carboxylic acids is 1. The van der Waals surface area contributed by atoms with Crippen LogP contribution in [0.1, 0.15) is 36.7 Å². The first-order valence-corrected chi connectivity index (χ1v) is 10.2. The molecule has 0 aliphatic carbocycles. The van der Waals surface area contributed by atoms with Crippen LogP contribution in [0.4, 0.5) is 5.69 Å². The van der Waals surface area contributed by atoms with Gasteiger partial charge in [-0.15, -0.1) is 0 Å². The van der Waals surface area contributed by atoms with E-state index in [9.17, 15) is 13.2 Å². The van der Waals surface area contributed by atoms with E-state index in [2.05, 4.69) is 10.0 Å². The second-order valence-corrected chi connectivity index (χ2v) is 8.47. The zero-order valence-corrected chi connectivity index (χ0v) is 17.1. The number of methoxy groups -OCH3 is 1. The van der Waals surface area contributed by atoms with Crippen molar-refractivity contribution in [2.75, 3.05) is 11.8 Å². The quantitative estimate of drug-likeness (QED) is 0.757. The van der Waals surface area contributed by atoms with E-state index in [0.29, 0.717) is 22.6 Å². The van der Waals surface area contributed by atoms with Gasteiger partial charge in [0, 0.05) is 17.3 Å². The molecule has 2 rings (SSSR count). The highest BCUT2D eigenvalue weighted by molar-refractivity contribution is 7.92. The SMILES string of the molecule is COc1ccc(NS(=O)(=O)c2cc(C(=O)NC(C)C(C)C)ccc2C)cc1. The lowest BCUT2D eigenvalue weighted by Crippen LogP contribution is -2.36. The number of carbonyl (C=O) groups is 1. The molecule has 1 unspecified atom stereocenters. The molecule has 2 N–H and O–H groups in total. The molecule has 0 fully saturated rings. The molecular weight excluding hydrogens is 364 g/mol. The summed E-state index contributed by atoms with van der Waals surface area (Å²) in [6.07, 6.45) is 0. The van der Waals surface area contributed by atoms with Crippen LogP contribution in [0, 0.1) is 12.8 Å². The van der Waals surface area contributed by atoms with Gasteiger partial charge in [-0.05, 0) is 61.7 Å². The molecule has 0 saturated heterocycles. The second kappa shape index (κ2) is 8.43. The highest BCUT2D eigenvalue weighted by Crippen LogP contribution is 2.22. The number of amides is 1. The van der Waals surface area contributed by atoms with Crippen molar-refractivity contribution in [2.24, 2.45) is 5.92 Å². The van der Waals surface area contributed by atoms with Gasteiger partial charge in [-0.2, -0.15) is 0 Å². The number of nitrogens with one attached hydrogen (secondary N) is 2. The minimum atomic E-state index is -3.84. The summed E-state index contributed by atoms with van der Waals surface area (Å²) in [6, 6.07) is 11.2. The van der Waals surface area contributed by atoms with Gasteiger partial charge in [0.1, 0.15) is 5.75 Å². The molecule has 0 radical (unpaired) electrons. The Morgan fingerprint density at radius 2 is 1.67 bits per heavy atom. The number of aryl methyl sites for hydroxylation is 1. The standard InChI is InChI=1S/C20H26N2O4S/c1-13(2)15(4)21-20(23)16-7-6-14(3)19(12-16)27(24,25)22-17-8-10-18(26-5)11-9-17/h6-13,15,22H,1-5H3,(H,21,23). The molecule has 6 nitrogen and oxygen atoms in total. The van der Waals surface area contributed by atoms with Crippen LogP contribution < -0.4 is 14.8 Å². The molecule has 7 heteroatoms. The average Bonchev–Trinajstić information content (AvgIpc) is 2.62. The van der Waals surface area contributed by atoms with Crippen molar-refractivity contribution in [1.82, 2.24) is 5.32 Å². The van der Waals surface area contributed by atoms with Crippen LogP contribution >= 0.6 is 0 Å². The first-order valence-electron chi connectivity index (χ1n) is 8.72. The Morgan fingerprint density at radius 1 is 1.04 bits per heavy atom. The third kappa shape index (κ3) is 5.23. The van der Waals surface area contributed by atoms with Gasteiger partial charge in [0.05, 0.1) is 12.0 Å². The number of hydrogen-bond donors (Lipinski definition) is 2. The Bertz CT molecular complexity index is 906. The van der Waals surface area contributed by atoms with Crippen LogP contribution in [-0.2, 0) is 10.0 Å². The average molecular weight is 391 g/mol. The van der Waals surface area contributed by atoms with Gasteiger partial charge >= 0.3 is 0 Å². The monoisotopic (exact) mass is 390 g/mol. The van der Waals surface area contributed by atoms with Crippen LogP contribution in [-0.4, -0.2) is 27.5 Å². The summed E-state index contributed by atoms with van der Waals surface area (Å²) in [7, 11) is -2.29. The van der Waals surface area contributed by atoms with Gasteiger partial charge in [-0.1, -0.05) is 19.9 Å². The van der Waals surface area contributed by atoms with Crippen LogP contribution in [0.25, 0.3) is 0 Å². The normalized spacial score (nSPS) is 12.5. The summed E-state index contributed by atoms with van der Waals surface area (Å²) in [6.45, 7) is 7.63. The summed E-state index contributed by atoms with van der Waals surface area (Å²) in [4.78, 5) is 12.5. The van der Waals surface area contributed by atoms with Crippen molar-refractivity contribution in [2.45, 2.75) is 38.6 Å². The maximum Gasteiger partial charge on any atom is 0.262 e. The zero-order valence-electron chi connectivity index (χ0n) is 16.2. The Balaban J connectivity index is 2.28. The Hall–Kier alpha value is -2.54. The first kappa shape index (κ1) is 20.8. The van der Waals surface area contributed by atoms with E-state index >= 15 is 0 Å². The number of benzene rings is 2. The summed E-state index contributed by atoms with van der Waals surface area (Å²) >= 11 is 0. The molecule has 0 heterocycles. The van der Waals surface area contributed by atoms with E-state index in [4.69, 9.17) is 4.74 Å². The molecule has 0 aliphatic rings. The molecule has 2 aromatic rings. The zero-order chi connectivity index (χ0) is 20.2. The Labute approximate surface area is 161 Å². The predicted octanol–water partition coefficient (Wildman–Crippen LogP) is 3.58. The van der Waals surface area contributed by atoms with E-state index in [1.54, 1.807) is 50.4 Å². The summed E-state index contributed by atoms with van der Waals surface area (Å²) in [5, 5.41) is 2.89. The van der Waals surface area contributed by atoms with Gasteiger partial charge in [0.15, 0.2) is 0 Å². The number of hydrogen-bond acceptors (Lipinski definition) is 4. The minimum absolute atomic E-state index is 0.0173. The van der Waals surface area contributed by atoms with E-state index in [1.165, 1.54) is 6.07 Å². The van der Waals surface area contributed by atoms with E-state index in [1.807, 2.05) is 20.8 Å². The number of sulfonamides is 1. The summed E-state index contributed by atoms with van der Waals surface area (Å²) < 4.78 is 33.2. The third-order valence-electron chi connectivity index (χ3n) is 4.44. The topological polar surface area (TPSA) is 84.5 Å². The van der Waals surface area contributed by atoms with E-state index in [-0.39, 0.29) is 22.8 Å². The van der Waals surface area contributed by atoms with Crippen molar-refractivity contribution in [3.05, 3.63) is 53.6 Å². The first-order chi connectivity index (χ1) is 12.6. The summed E-state index contributed by atoms with van der Waals surface area (Å²) in [5.41, 5.74) is 1.28. The number of rotatable bonds is 7. The van der Waals surface area contributed by atoms with Crippen LogP contribution in [0.2, 0.25) is 0 Å². The second-order valence-electron chi connectivity index (χ2n) is 6.82.